The van der Waals surface area contributed by atoms with Crippen molar-refractivity contribution in [1.29, 1.82) is 0 Å². The summed E-state index contributed by atoms with van der Waals surface area (Å²) in [6.45, 7) is 6.80. The first-order valence-electron chi connectivity index (χ1n) is 6.44. The molecule has 0 radical (unpaired) electrons. The summed E-state index contributed by atoms with van der Waals surface area (Å²) >= 11 is 0. The molecule has 0 bridgehead atoms. The largest absolute Gasteiger partial charge is 0.338 e. The second kappa shape index (κ2) is 7.07. The average Bonchev–Trinajstić information content (AvgIpc) is 2.69. The van der Waals surface area contributed by atoms with Gasteiger partial charge in [-0.3, -0.25) is 4.90 Å². The molecule has 6 heteroatoms. The van der Waals surface area contributed by atoms with Gasteiger partial charge in [-0.1, -0.05) is 18.5 Å². The average molecular weight is 275 g/mol. The van der Waals surface area contributed by atoms with Crippen LogP contribution < -0.4 is 5.73 Å². The quantitative estimate of drug-likeness (QED) is 0.913. The number of halogens is 1. The molecule has 1 saturated heterocycles. The molecule has 1 aromatic heterocycles. The van der Waals surface area contributed by atoms with Gasteiger partial charge in [0.1, 0.15) is 0 Å². The maximum Gasteiger partial charge on any atom is 0.240 e. The molecule has 104 valence electrons. The van der Waals surface area contributed by atoms with E-state index in [9.17, 15) is 0 Å². The van der Waals surface area contributed by atoms with Crippen LogP contribution in [0.3, 0.4) is 0 Å². The van der Waals surface area contributed by atoms with E-state index in [0.29, 0.717) is 18.5 Å². The van der Waals surface area contributed by atoms with Gasteiger partial charge in [-0.2, -0.15) is 4.98 Å². The standard InChI is InChI=1S/C12H22N4O.ClH/c1-9-4-3-5-10(2)16(7-9)8-11-14-12(6-13)17-15-11;/h9-10H,3-8,13H2,1-2H3;1H. The number of nitrogens with zero attached hydrogens (tertiary/aromatic N) is 3. The van der Waals surface area contributed by atoms with Crippen molar-refractivity contribution in [2.75, 3.05) is 6.54 Å². The maximum atomic E-state index is 5.46. The number of likely N-dealkylation sites (tertiary alicyclic amines) is 1. The lowest BCUT2D eigenvalue weighted by atomic mass is 10.1. The highest BCUT2D eigenvalue weighted by molar-refractivity contribution is 5.85. The van der Waals surface area contributed by atoms with Crippen LogP contribution in [0.15, 0.2) is 4.52 Å². The highest BCUT2D eigenvalue weighted by Gasteiger charge is 2.22. The highest BCUT2D eigenvalue weighted by Crippen LogP contribution is 2.21. The molecule has 0 aliphatic carbocycles. The molecule has 2 atom stereocenters. The second-order valence-electron chi connectivity index (χ2n) is 5.12. The van der Waals surface area contributed by atoms with Crippen LogP contribution in [0.25, 0.3) is 0 Å². The minimum absolute atomic E-state index is 0. The summed E-state index contributed by atoms with van der Waals surface area (Å²) in [7, 11) is 0. The molecule has 0 aromatic carbocycles. The van der Waals surface area contributed by atoms with Crippen molar-refractivity contribution in [2.45, 2.75) is 52.2 Å². The Hall–Kier alpha value is -0.650. The number of hydrogen-bond acceptors (Lipinski definition) is 5. The minimum Gasteiger partial charge on any atom is -0.338 e. The number of hydrogen-bond donors (Lipinski definition) is 1. The molecule has 2 rings (SSSR count). The van der Waals surface area contributed by atoms with Crippen LogP contribution in [0.1, 0.15) is 44.8 Å². The molecule has 1 aromatic rings. The van der Waals surface area contributed by atoms with E-state index in [1.165, 1.54) is 19.3 Å². The van der Waals surface area contributed by atoms with Crippen molar-refractivity contribution >= 4 is 12.4 Å². The minimum atomic E-state index is 0. The molecule has 5 nitrogen and oxygen atoms in total. The van der Waals surface area contributed by atoms with Crippen molar-refractivity contribution in [3.05, 3.63) is 11.7 Å². The SMILES string of the molecule is CC1CCCC(C)N(Cc2noc(CN)n2)C1.Cl. The number of nitrogens with two attached hydrogens (primary N) is 1. The van der Waals surface area contributed by atoms with Gasteiger partial charge in [0.2, 0.25) is 5.89 Å². The van der Waals surface area contributed by atoms with Gasteiger partial charge in [0.25, 0.3) is 0 Å². The van der Waals surface area contributed by atoms with Crippen LogP contribution in [-0.4, -0.2) is 27.6 Å². The van der Waals surface area contributed by atoms with E-state index >= 15 is 0 Å². The van der Waals surface area contributed by atoms with Gasteiger partial charge >= 0.3 is 0 Å². The fourth-order valence-corrected chi connectivity index (χ4v) is 2.46. The molecule has 0 saturated carbocycles. The molecule has 2 N–H and O–H groups in total. The summed E-state index contributed by atoms with van der Waals surface area (Å²) in [5.74, 6) is 2.03. The normalized spacial score (nSPS) is 25.5. The van der Waals surface area contributed by atoms with Crippen LogP contribution in [0, 0.1) is 5.92 Å². The Bertz CT molecular complexity index is 358. The lowest BCUT2D eigenvalue weighted by Gasteiger charge is -2.26. The van der Waals surface area contributed by atoms with E-state index in [4.69, 9.17) is 10.3 Å². The first-order chi connectivity index (χ1) is 8.19. The Balaban J connectivity index is 0.00000162. The summed E-state index contributed by atoms with van der Waals surface area (Å²) in [6.07, 6.45) is 3.90. The first-order valence-corrected chi connectivity index (χ1v) is 6.44. The van der Waals surface area contributed by atoms with E-state index in [-0.39, 0.29) is 12.4 Å². The Labute approximate surface area is 115 Å². The fraction of sp³-hybridized carbons (Fsp3) is 0.833. The Morgan fingerprint density at radius 2 is 2.17 bits per heavy atom. The summed E-state index contributed by atoms with van der Waals surface area (Å²) < 4.78 is 5.04. The van der Waals surface area contributed by atoms with E-state index in [1.807, 2.05) is 0 Å². The van der Waals surface area contributed by atoms with Crippen LogP contribution in [0.5, 0.6) is 0 Å². The van der Waals surface area contributed by atoms with Crippen LogP contribution >= 0.6 is 12.4 Å². The smallest absolute Gasteiger partial charge is 0.240 e. The lowest BCUT2D eigenvalue weighted by molar-refractivity contribution is 0.179. The highest BCUT2D eigenvalue weighted by atomic mass is 35.5. The number of aromatic nitrogens is 2. The topological polar surface area (TPSA) is 68.2 Å². The van der Waals surface area contributed by atoms with Gasteiger partial charge in [-0.25, -0.2) is 0 Å². The van der Waals surface area contributed by atoms with Crippen LogP contribution in [0.4, 0.5) is 0 Å². The van der Waals surface area contributed by atoms with Crippen LogP contribution in [0.2, 0.25) is 0 Å². The monoisotopic (exact) mass is 274 g/mol. The van der Waals surface area contributed by atoms with Crippen LogP contribution in [-0.2, 0) is 13.1 Å². The molecule has 1 aliphatic rings. The molecule has 1 fully saturated rings. The molecule has 1 aliphatic heterocycles. The zero-order chi connectivity index (χ0) is 12.3. The third kappa shape index (κ3) is 3.93. The van der Waals surface area contributed by atoms with E-state index < -0.39 is 0 Å². The Morgan fingerprint density at radius 1 is 1.39 bits per heavy atom. The molecule has 2 unspecified atom stereocenters. The predicted molar refractivity (Wildman–Crippen MR) is 72.3 cm³/mol. The van der Waals surface area contributed by atoms with E-state index in [1.54, 1.807) is 0 Å². The van der Waals surface area contributed by atoms with Crippen molar-refractivity contribution in [1.82, 2.24) is 15.0 Å². The Kier molecular flexibility index (Phi) is 6.05. The van der Waals surface area contributed by atoms with Gasteiger partial charge in [-0.15, -0.1) is 12.4 Å². The molecular weight excluding hydrogens is 252 g/mol. The van der Waals surface area contributed by atoms with Crippen molar-refractivity contribution in [3.8, 4) is 0 Å². The maximum absolute atomic E-state index is 5.46. The second-order valence-corrected chi connectivity index (χ2v) is 5.12. The molecule has 0 amide bonds. The predicted octanol–water partition coefficient (Wildman–Crippen LogP) is 1.96. The van der Waals surface area contributed by atoms with Gasteiger partial charge < -0.3 is 10.3 Å². The van der Waals surface area contributed by atoms with Gasteiger partial charge in [0.05, 0.1) is 13.1 Å². The van der Waals surface area contributed by atoms with Gasteiger partial charge in [-0.05, 0) is 25.7 Å². The van der Waals surface area contributed by atoms with Crippen molar-refractivity contribution in [2.24, 2.45) is 11.7 Å². The van der Waals surface area contributed by atoms with E-state index in [2.05, 4.69) is 28.9 Å². The lowest BCUT2D eigenvalue weighted by Crippen LogP contribution is -2.34. The fourth-order valence-electron chi connectivity index (χ4n) is 2.46. The third-order valence-electron chi connectivity index (χ3n) is 3.52. The van der Waals surface area contributed by atoms with Gasteiger partial charge in [0.15, 0.2) is 5.82 Å². The Morgan fingerprint density at radius 3 is 2.83 bits per heavy atom. The summed E-state index contributed by atoms with van der Waals surface area (Å²) in [6, 6.07) is 0.597. The molecule has 0 spiro atoms. The summed E-state index contributed by atoms with van der Waals surface area (Å²) in [5.41, 5.74) is 5.46. The molecular formula is C12H23ClN4O. The third-order valence-corrected chi connectivity index (χ3v) is 3.52. The van der Waals surface area contributed by atoms with Crippen molar-refractivity contribution < 1.29 is 4.52 Å². The summed E-state index contributed by atoms with van der Waals surface area (Å²) in [4.78, 5) is 6.72. The zero-order valence-electron chi connectivity index (χ0n) is 11.1. The molecule has 2 heterocycles. The summed E-state index contributed by atoms with van der Waals surface area (Å²) in [5, 5.41) is 3.96. The number of rotatable bonds is 3. The molecule has 18 heavy (non-hydrogen) atoms. The van der Waals surface area contributed by atoms with Gasteiger partial charge in [0, 0.05) is 12.6 Å². The van der Waals surface area contributed by atoms with E-state index in [0.717, 1.165) is 24.8 Å². The van der Waals surface area contributed by atoms with Crippen molar-refractivity contribution in [3.63, 3.8) is 0 Å². The first kappa shape index (κ1) is 15.4. The zero-order valence-corrected chi connectivity index (χ0v) is 11.9.